The predicted octanol–water partition coefficient (Wildman–Crippen LogP) is 3.53. The smallest absolute Gasteiger partial charge is 0.252 e. The van der Waals surface area contributed by atoms with E-state index in [1.54, 1.807) is 6.20 Å². The van der Waals surface area contributed by atoms with E-state index in [1.807, 2.05) is 30.3 Å². The minimum absolute atomic E-state index is 0.0219. The molecule has 3 nitrogen and oxygen atoms in total. The maximum Gasteiger partial charge on any atom is 0.252 e. The van der Waals surface area contributed by atoms with Gasteiger partial charge in [0.05, 0.1) is 5.52 Å². The van der Waals surface area contributed by atoms with Crippen LogP contribution in [0.5, 0.6) is 0 Å². The molecule has 2 rings (SSSR count). The summed E-state index contributed by atoms with van der Waals surface area (Å²) in [5.41, 5.74) is 1.54. The highest BCUT2D eigenvalue weighted by Gasteiger charge is 2.14. The number of pyridine rings is 1. The maximum absolute atomic E-state index is 12.3. The summed E-state index contributed by atoms with van der Waals surface area (Å²) < 4.78 is 0. The first-order valence-corrected chi connectivity index (χ1v) is 7.59. The first-order chi connectivity index (χ1) is 9.26. The Morgan fingerprint density at radius 1 is 1.37 bits per heavy atom. The zero-order valence-electron chi connectivity index (χ0n) is 10.9. The summed E-state index contributed by atoms with van der Waals surface area (Å²) in [6.45, 7) is 2.08. The highest BCUT2D eigenvalue weighted by Crippen LogP contribution is 2.16. The molecule has 0 aliphatic rings. The molecule has 1 atom stereocenters. The van der Waals surface area contributed by atoms with Crippen LogP contribution in [-0.4, -0.2) is 22.3 Å². The van der Waals surface area contributed by atoms with Gasteiger partial charge in [-0.05, 0) is 31.0 Å². The second kappa shape index (κ2) is 6.66. The van der Waals surface area contributed by atoms with E-state index in [-0.39, 0.29) is 11.9 Å². The van der Waals surface area contributed by atoms with Gasteiger partial charge >= 0.3 is 0 Å². The van der Waals surface area contributed by atoms with Crippen LogP contribution in [-0.2, 0) is 0 Å². The zero-order valence-corrected chi connectivity index (χ0v) is 12.5. The number of halogens is 1. The summed E-state index contributed by atoms with van der Waals surface area (Å²) in [5, 5.41) is 4.87. The number of nitrogens with zero attached hydrogens (tertiary/aromatic N) is 1. The highest BCUT2D eigenvalue weighted by atomic mass is 79.9. The molecule has 2 aromatic rings. The van der Waals surface area contributed by atoms with Gasteiger partial charge in [0.1, 0.15) is 0 Å². The van der Waals surface area contributed by atoms with Crippen molar-refractivity contribution in [2.24, 2.45) is 0 Å². The number of hydrogen-bond donors (Lipinski definition) is 1. The van der Waals surface area contributed by atoms with Crippen LogP contribution in [0.4, 0.5) is 0 Å². The Labute approximate surface area is 121 Å². The molecule has 0 spiro atoms. The molecule has 1 N–H and O–H groups in total. The van der Waals surface area contributed by atoms with E-state index in [9.17, 15) is 4.79 Å². The quantitative estimate of drug-likeness (QED) is 0.856. The van der Waals surface area contributed by atoms with Crippen LogP contribution >= 0.6 is 15.9 Å². The number of alkyl halides is 1. The lowest BCUT2D eigenvalue weighted by molar-refractivity contribution is 0.0937. The van der Waals surface area contributed by atoms with Crippen LogP contribution in [0.1, 0.15) is 30.1 Å². The molecule has 0 aliphatic heterocycles. The topological polar surface area (TPSA) is 42.0 Å². The zero-order chi connectivity index (χ0) is 13.7. The molecule has 100 valence electrons. The molecule has 0 saturated heterocycles. The van der Waals surface area contributed by atoms with Gasteiger partial charge in [-0.25, -0.2) is 0 Å². The van der Waals surface area contributed by atoms with Crippen molar-refractivity contribution in [3.63, 3.8) is 0 Å². The van der Waals surface area contributed by atoms with Gasteiger partial charge in [0.25, 0.3) is 5.91 Å². The van der Waals surface area contributed by atoms with Gasteiger partial charge in [-0.2, -0.15) is 0 Å². The van der Waals surface area contributed by atoms with Gasteiger partial charge in [-0.15, -0.1) is 0 Å². The van der Waals surface area contributed by atoms with Crippen LogP contribution in [0.25, 0.3) is 10.9 Å². The van der Waals surface area contributed by atoms with Crippen molar-refractivity contribution in [3.05, 3.63) is 42.1 Å². The Balaban J connectivity index is 2.26. The van der Waals surface area contributed by atoms with Crippen molar-refractivity contribution in [1.82, 2.24) is 10.3 Å². The van der Waals surface area contributed by atoms with E-state index in [0.717, 1.165) is 29.1 Å². The van der Waals surface area contributed by atoms with Crippen LogP contribution in [0, 0.1) is 0 Å². The fourth-order valence-electron chi connectivity index (χ4n) is 2.07. The van der Waals surface area contributed by atoms with E-state index < -0.39 is 0 Å². The van der Waals surface area contributed by atoms with Gasteiger partial charge in [-0.1, -0.05) is 35.0 Å². The van der Waals surface area contributed by atoms with Gasteiger partial charge in [0.15, 0.2) is 0 Å². The van der Waals surface area contributed by atoms with Crippen molar-refractivity contribution < 1.29 is 4.79 Å². The third-order valence-electron chi connectivity index (χ3n) is 3.18. The standard InChI is InChI=1S/C15H17BrN2O/c1-2-11(8-9-16)18-15(19)13-5-3-7-14-12(13)6-4-10-17-14/h3-7,10-11H,2,8-9H2,1H3,(H,18,19). The molecule has 1 aromatic heterocycles. The fourth-order valence-corrected chi connectivity index (χ4v) is 2.63. The van der Waals surface area contributed by atoms with Crippen LogP contribution < -0.4 is 5.32 Å². The van der Waals surface area contributed by atoms with Gasteiger partial charge in [0.2, 0.25) is 0 Å². The first-order valence-electron chi connectivity index (χ1n) is 6.46. The molecule has 1 amide bonds. The molecule has 0 saturated carbocycles. The Kier molecular flexibility index (Phi) is 4.91. The van der Waals surface area contributed by atoms with E-state index in [1.165, 1.54) is 0 Å². The number of amides is 1. The number of carbonyl (C=O) groups is 1. The molecule has 0 fully saturated rings. The molecule has 0 radical (unpaired) electrons. The van der Waals surface area contributed by atoms with Gasteiger partial charge < -0.3 is 5.32 Å². The SMILES string of the molecule is CCC(CCBr)NC(=O)c1cccc2ncccc12. The lowest BCUT2D eigenvalue weighted by Crippen LogP contribution is -2.34. The van der Waals surface area contributed by atoms with E-state index >= 15 is 0 Å². The molecular weight excluding hydrogens is 304 g/mol. The lowest BCUT2D eigenvalue weighted by Gasteiger charge is -2.16. The minimum Gasteiger partial charge on any atom is -0.349 e. The molecular formula is C15H17BrN2O. The van der Waals surface area contributed by atoms with Crippen molar-refractivity contribution in [3.8, 4) is 0 Å². The molecule has 0 aliphatic carbocycles. The average molecular weight is 321 g/mol. The number of nitrogens with one attached hydrogen (secondary N) is 1. The van der Waals surface area contributed by atoms with E-state index in [4.69, 9.17) is 0 Å². The van der Waals surface area contributed by atoms with Crippen molar-refractivity contribution >= 4 is 32.7 Å². The number of fused-ring (bicyclic) bond motifs is 1. The lowest BCUT2D eigenvalue weighted by atomic mass is 10.1. The average Bonchev–Trinajstić information content (AvgIpc) is 2.46. The number of rotatable bonds is 5. The Hall–Kier alpha value is -1.42. The first kappa shape index (κ1) is 14.0. The van der Waals surface area contributed by atoms with E-state index in [0.29, 0.717) is 5.56 Å². The molecule has 1 unspecified atom stereocenters. The molecule has 19 heavy (non-hydrogen) atoms. The summed E-state index contributed by atoms with van der Waals surface area (Å²) >= 11 is 3.42. The third kappa shape index (κ3) is 3.32. The largest absolute Gasteiger partial charge is 0.349 e. The Bertz CT molecular complexity index is 566. The highest BCUT2D eigenvalue weighted by molar-refractivity contribution is 9.09. The number of hydrogen-bond acceptors (Lipinski definition) is 2. The molecule has 1 heterocycles. The molecule has 4 heteroatoms. The maximum atomic E-state index is 12.3. The summed E-state index contributed by atoms with van der Waals surface area (Å²) in [6.07, 6.45) is 3.61. The predicted molar refractivity (Wildman–Crippen MR) is 81.7 cm³/mol. The summed E-state index contributed by atoms with van der Waals surface area (Å²) in [6, 6.07) is 9.63. The normalized spacial score (nSPS) is 12.3. The molecule has 0 bridgehead atoms. The van der Waals surface area contributed by atoms with Crippen molar-refractivity contribution in [2.75, 3.05) is 5.33 Å². The van der Waals surface area contributed by atoms with Crippen molar-refractivity contribution in [2.45, 2.75) is 25.8 Å². The summed E-state index contributed by atoms with van der Waals surface area (Å²) in [4.78, 5) is 16.6. The second-order valence-electron chi connectivity index (χ2n) is 4.43. The van der Waals surface area contributed by atoms with Gasteiger partial charge in [-0.3, -0.25) is 9.78 Å². The summed E-state index contributed by atoms with van der Waals surface area (Å²) in [7, 11) is 0. The van der Waals surface area contributed by atoms with Crippen molar-refractivity contribution in [1.29, 1.82) is 0 Å². The number of carbonyl (C=O) groups excluding carboxylic acids is 1. The minimum atomic E-state index is -0.0219. The van der Waals surface area contributed by atoms with Crippen LogP contribution in [0.15, 0.2) is 36.5 Å². The van der Waals surface area contributed by atoms with E-state index in [2.05, 4.69) is 33.2 Å². The van der Waals surface area contributed by atoms with Gasteiger partial charge in [0, 0.05) is 28.5 Å². The fraction of sp³-hybridized carbons (Fsp3) is 0.333. The summed E-state index contributed by atoms with van der Waals surface area (Å²) in [5.74, 6) is -0.0219. The Morgan fingerprint density at radius 2 is 2.21 bits per heavy atom. The van der Waals surface area contributed by atoms with Crippen LogP contribution in [0.2, 0.25) is 0 Å². The monoisotopic (exact) mass is 320 g/mol. The second-order valence-corrected chi connectivity index (χ2v) is 5.22. The Morgan fingerprint density at radius 3 is 2.95 bits per heavy atom. The number of aromatic nitrogens is 1. The number of benzene rings is 1. The third-order valence-corrected chi connectivity index (χ3v) is 3.63. The van der Waals surface area contributed by atoms with Crippen LogP contribution in [0.3, 0.4) is 0 Å². The molecule has 1 aromatic carbocycles.